The van der Waals surface area contributed by atoms with E-state index in [1.165, 1.54) is 18.7 Å². The highest BCUT2D eigenvalue weighted by molar-refractivity contribution is 5.68. The van der Waals surface area contributed by atoms with Crippen molar-refractivity contribution in [3.63, 3.8) is 0 Å². The fourth-order valence-electron chi connectivity index (χ4n) is 2.88. The maximum Gasteiger partial charge on any atom is 0.327 e. The smallest absolute Gasteiger partial charge is 0.327 e. The molecule has 7 heteroatoms. The molecule has 1 saturated heterocycles. The zero-order valence-electron chi connectivity index (χ0n) is 14.3. The number of carbonyl (C=O) groups is 1. The first kappa shape index (κ1) is 17.2. The van der Waals surface area contributed by atoms with Gasteiger partial charge in [0, 0.05) is 38.8 Å². The van der Waals surface area contributed by atoms with Crippen LogP contribution in [0, 0.1) is 0 Å². The lowest BCUT2D eigenvalue weighted by molar-refractivity contribution is -0.141. The topological polar surface area (TPSA) is 67.7 Å². The quantitative estimate of drug-likeness (QED) is 0.747. The molecule has 7 nitrogen and oxygen atoms in total. The van der Waals surface area contributed by atoms with Crippen molar-refractivity contribution >= 4 is 11.8 Å². The molecule has 0 amide bonds. The van der Waals surface area contributed by atoms with Crippen LogP contribution in [0.25, 0.3) is 0 Å². The number of nitrogens with zero attached hydrogens (tertiary/aromatic N) is 4. The van der Waals surface area contributed by atoms with Gasteiger partial charge in [0.15, 0.2) is 0 Å². The summed E-state index contributed by atoms with van der Waals surface area (Å²) in [5, 5.41) is 4.30. The van der Waals surface area contributed by atoms with Crippen molar-refractivity contribution < 1.29 is 9.53 Å². The Hall–Kier alpha value is -2.67. The molecule has 132 valence electrons. The lowest BCUT2D eigenvalue weighted by Crippen LogP contribution is -2.46. The zero-order valence-corrected chi connectivity index (χ0v) is 14.3. The number of hydrogen-bond donors (Lipinski definition) is 0. The van der Waals surface area contributed by atoms with Gasteiger partial charge >= 0.3 is 5.97 Å². The number of esters is 1. The van der Waals surface area contributed by atoms with Gasteiger partial charge in [0.25, 0.3) is 5.56 Å². The molecular formula is C18H22N4O3. The van der Waals surface area contributed by atoms with E-state index in [4.69, 9.17) is 0 Å². The number of piperazine rings is 1. The van der Waals surface area contributed by atoms with E-state index in [-0.39, 0.29) is 12.1 Å². The fourth-order valence-corrected chi connectivity index (χ4v) is 2.88. The van der Waals surface area contributed by atoms with Gasteiger partial charge in [-0.25, -0.2) is 4.68 Å². The summed E-state index contributed by atoms with van der Waals surface area (Å²) in [7, 11) is 1.29. The summed E-state index contributed by atoms with van der Waals surface area (Å²) in [6, 6.07) is 13.6. The Bertz CT molecular complexity index is 767. The summed E-state index contributed by atoms with van der Waals surface area (Å²) < 4.78 is 5.76. The number of rotatable bonds is 5. The molecule has 1 fully saturated rings. The van der Waals surface area contributed by atoms with Crippen molar-refractivity contribution in [2.24, 2.45) is 0 Å². The monoisotopic (exact) mass is 342 g/mol. The third-order valence-corrected chi connectivity index (χ3v) is 4.30. The minimum atomic E-state index is -0.487. The number of methoxy groups -OCH3 is 1. The first-order valence-electron chi connectivity index (χ1n) is 8.32. The molecule has 0 N–H and O–H groups in total. The molecule has 0 unspecified atom stereocenters. The number of anilines is 1. The van der Waals surface area contributed by atoms with E-state index in [9.17, 15) is 9.59 Å². The van der Waals surface area contributed by atoms with Gasteiger partial charge in [0.1, 0.15) is 12.4 Å². The van der Waals surface area contributed by atoms with Crippen LogP contribution in [0.4, 0.5) is 5.82 Å². The van der Waals surface area contributed by atoms with E-state index in [1.54, 1.807) is 6.07 Å². The standard InChI is InChI=1S/C18H22N4O3/c1-25-18(24)14-22-17(23)8-7-16(19-22)21-11-9-20(10-12-21)13-15-5-3-2-4-6-15/h2-8H,9-14H2,1H3. The van der Waals surface area contributed by atoms with Crippen molar-refractivity contribution in [2.75, 3.05) is 38.2 Å². The number of hydrogen-bond acceptors (Lipinski definition) is 6. The average Bonchev–Trinajstić information content (AvgIpc) is 2.65. The summed E-state index contributed by atoms with van der Waals surface area (Å²) in [5.74, 6) is 0.224. The normalized spacial score (nSPS) is 15.2. The Labute approximate surface area is 146 Å². The van der Waals surface area contributed by atoms with Gasteiger partial charge in [0.2, 0.25) is 0 Å². The summed E-state index contributed by atoms with van der Waals surface area (Å²) in [6.45, 7) is 4.27. The minimum absolute atomic E-state index is 0.169. The Morgan fingerprint density at radius 3 is 2.48 bits per heavy atom. The lowest BCUT2D eigenvalue weighted by atomic mass is 10.2. The van der Waals surface area contributed by atoms with Gasteiger partial charge in [-0.3, -0.25) is 14.5 Å². The molecule has 0 atom stereocenters. The van der Waals surface area contributed by atoms with Crippen molar-refractivity contribution in [1.29, 1.82) is 0 Å². The lowest BCUT2D eigenvalue weighted by Gasteiger charge is -2.35. The molecule has 3 rings (SSSR count). The average molecular weight is 342 g/mol. The second-order valence-electron chi connectivity index (χ2n) is 6.01. The van der Waals surface area contributed by atoms with Crippen LogP contribution >= 0.6 is 0 Å². The first-order valence-corrected chi connectivity index (χ1v) is 8.32. The number of benzene rings is 1. The summed E-state index contributed by atoms with van der Waals surface area (Å²) in [5.41, 5.74) is 0.998. The van der Waals surface area contributed by atoms with Crippen LogP contribution in [0.5, 0.6) is 0 Å². The SMILES string of the molecule is COC(=O)Cn1nc(N2CCN(Cc3ccccc3)CC2)ccc1=O. The van der Waals surface area contributed by atoms with Crippen LogP contribution in [-0.2, 0) is 22.6 Å². The maximum atomic E-state index is 11.8. The molecule has 0 radical (unpaired) electrons. The van der Waals surface area contributed by atoms with Gasteiger partial charge in [-0.05, 0) is 11.6 Å². The largest absolute Gasteiger partial charge is 0.468 e. The number of aromatic nitrogens is 2. The Morgan fingerprint density at radius 2 is 1.80 bits per heavy atom. The van der Waals surface area contributed by atoms with Gasteiger partial charge in [0.05, 0.1) is 7.11 Å². The van der Waals surface area contributed by atoms with Crippen LogP contribution < -0.4 is 10.5 Å². The molecule has 25 heavy (non-hydrogen) atoms. The molecule has 0 saturated carbocycles. The summed E-state index contributed by atoms with van der Waals surface area (Å²) in [4.78, 5) is 27.8. The molecule has 1 aromatic carbocycles. The molecule has 2 aromatic rings. The van der Waals surface area contributed by atoms with Crippen molar-refractivity contribution in [1.82, 2.24) is 14.7 Å². The highest BCUT2D eigenvalue weighted by Gasteiger charge is 2.19. The molecule has 2 heterocycles. The highest BCUT2D eigenvalue weighted by atomic mass is 16.5. The van der Waals surface area contributed by atoms with Crippen molar-refractivity contribution in [2.45, 2.75) is 13.1 Å². The molecule has 1 aliphatic rings. The van der Waals surface area contributed by atoms with Gasteiger partial charge in [-0.1, -0.05) is 30.3 Å². The highest BCUT2D eigenvalue weighted by Crippen LogP contribution is 2.13. The van der Waals surface area contributed by atoms with E-state index < -0.39 is 5.97 Å². The molecular weight excluding hydrogens is 320 g/mol. The van der Waals surface area contributed by atoms with Gasteiger partial charge < -0.3 is 9.64 Å². The fraction of sp³-hybridized carbons (Fsp3) is 0.389. The van der Waals surface area contributed by atoms with Crippen molar-refractivity contribution in [3.8, 4) is 0 Å². The first-order chi connectivity index (χ1) is 12.2. The Balaban J connectivity index is 1.62. The predicted octanol–water partition coefficient (Wildman–Crippen LogP) is 0.738. The second-order valence-corrected chi connectivity index (χ2v) is 6.01. The maximum absolute atomic E-state index is 11.8. The van der Waals surface area contributed by atoms with E-state index >= 15 is 0 Å². The number of carbonyl (C=O) groups excluding carboxylic acids is 1. The molecule has 0 bridgehead atoms. The third kappa shape index (κ3) is 4.45. The summed E-state index contributed by atoms with van der Waals surface area (Å²) >= 11 is 0. The Morgan fingerprint density at radius 1 is 1.08 bits per heavy atom. The number of ether oxygens (including phenoxy) is 1. The van der Waals surface area contributed by atoms with Crippen LogP contribution in [0.1, 0.15) is 5.56 Å². The summed E-state index contributed by atoms with van der Waals surface area (Å²) in [6.07, 6.45) is 0. The van der Waals surface area contributed by atoms with Crippen LogP contribution in [0.2, 0.25) is 0 Å². The van der Waals surface area contributed by atoms with Crippen LogP contribution in [0.3, 0.4) is 0 Å². The van der Waals surface area contributed by atoms with Crippen molar-refractivity contribution in [3.05, 3.63) is 58.4 Å². The van der Waals surface area contributed by atoms with Crippen LogP contribution in [-0.4, -0.2) is 53.9 Å². The van der Waals surface area contributed by atoms with Crippen LogP contribution in [0.15, 0.2) is 47.3 Å². The Kier molecular flexibility index (Phi) is 5.45. The third-order valence-electron chi connectivity index (χ3n) is 4.30. The molecule has 0 aliphatic carbocycles. The van der Waals surface area contributed by atoms with Gasteiger partial charge in [-0.15, -0.1) is 0 Å². The zero-order chi connectivity index (χ0) is 17.6. The minimum Gasteiger partial charge on any atom is -0.468 e. The molecule has 1 aliphatic heterocycles. The van der Waals surface area contributed by atoms with E-state index in [0.29, 0.717) is 5.82 Å². The van der Waals surface area contributed by atoms with Gasteiger partial charge in [-0.2, -0.15) is 5.10 Å². The van der Waals surface area contributed by atoms with E-state index in [0.717, 1.165) is 37.4 Å². The second kappa shape index (κ2) is 7.94. The molecule has 0 spiro atoms. The molecule has 1 aromatic heterocycles. The van der Waals surface area contributed by atoms with E-state index in [2.05, 4.69) is 43.9 Å². The van der Waals surface area contributed by atoms with E-state index in [1.807, 2.05) is 6.07 Å². The predicted molar refractivity (Wildman–Crippen MR) is 94.4 cm³/mol.